The molecule has 0 unspecified atom stereocenters. The number of carbonyl (C=O) groups is 3. The van der Waals surface area contributed by atoms with Crippen LogP contribution in [0.15, 0.2) is 42.5 Å². The summed E-state index contributed by atoms with van der Waals surface area (Å²) in [6.45, 7) is 4.83. The van der Waals surface area contributed by atoms with Crippen molar-refractivity contribution in [2.45, 2.75) is 20.0 Å². The third kappa shape index (κ3) is 6.51. The summed E-state index contributed by atoms with van der Waals surface area (Å²) in [5.74, 6) is -1.94. The van der Waals surface area contributed by atoms with Crippen molar-refractivity contribution in [3.8, 4) is 0 Å². The summed E-state index contributed by atoms with van der Waals surface area (Å²) in [6, 6.07) is 10.00. The van der Waals surface area contributed by atoms with Crippen LogP contribution in [-0.4, -0.2) is 61.8 Å². The zero-order valence-electron chi connectivity index (χ0n) is 18.8. The fourth-order valence-corrected chi connectivity index (χ4v) is 3.26. The molecule has 0 saturated carbocycles. The SMILES string of the molecule is CC(C)OC(=O)c1ccc(NC(=O)COC(=O)c2cc([N+](=O)[O-])ccc2N2CCOCC2)cc1. The third-order valence-corrected chi connectivity index (χ3v) is 4.84. The molecule has 180 valence electrons. The summed E-state index contributed by atoms with van der Waals surface area (Å²) in [5, 5.41) is 13.7. The number of hydrogen-bond acceptors (Lipinski definition) is 9. The number of nitrogens with one attached hydrogen (secondary N) is 1. The van der Waals surface area contributed by atoms with Crippen molar-refractivity contribution >= 4 is 34.9 Å². The maximum Gasteiger partial charge on any atom is 0.341 e. The van der Waals surface area contributed by atoms with E-state index in [-0.39, 0.29) is 17.4 Å². The van der Waals surface area contributed by atoms with Crippen LogP contribution in [0.4, 0.5) is 17.1 Å². The molecule has 1 fully saturated rings. The molecule has 1 amide bonds. The lowest BCUT2D eigenvalue weighted by atomic mass is 10.1. The van der Waals surface area contributed by atoms with Crippen LogP contribution in [0.25, 0.3) is 0 Å². The Balaban J connectivity index is 1.63. The fourth-order valence-electron chi connectivity index (χ4n) is 3.26. The quantitative estimate of drug-likeness (QED) is 0.350. The number of nitro benzene ring substituents is 1. The van der Waals surface area contributed by atoms with Gasteiger partial charge in [0.1, 0.15) is 0 Å². The average molecular weight is 471 g/mol. The van der Waals surface area contributed by atoms with Crippen molar-refractivity contribution in [2.75, 3.05) is 43.1 Å². The van der Waals surface area contributed by atoms with Crippen molar-refractivity contribution in [2.24, 2.45) is 0 Å². The number of morpholine rings is 1. The Morgan fingerprint density at radius 1 is 1.09 bits per heavy atom. The maximum atomic E-state index is 12.7. The molecule has 2 aromatic rings. The fraction of sp³-hybridized carbons (Fsp3) is 0.348. The van der Waals surface area contributed by atoms with E-state index in [1.54, 1.807) is 13.8 Å². The third-order valence-electron chi connectivity index (χ3n) is 4.84. The molecular formula is C23H25N3O8. The highest BCUT2D eigenvalue weighted by Gasteiger charge is 2.23. The van der Waals surface area contributed by atoms with E-state index in [0.717, 1.165) is 6.07 Å². The van der Waals surface area contributed by atoms with Gasteiger partial charge in [0.2, 0.25) is 0 Å². The number of benzene rings is 2. The van der Waals surface area contributed by atoms with Crippen LogP contribution in [0.5, 0.6) is 0 Å². The minimum atomic E-state index is -0.855. The maximum absolute atomic E-state index is 12.7. The highest BCUT2D eigenvalue weighted by molar-refractivity contribution is 5.99. The lowest BCUT2D eigenvalue weighted by Crippen LogP contribution is -2.37. The monoisotopic (exact) mass is 471 g/mol. The smallest absolute Gasteiger partial charge is 0.341 e. The molecule has 0 aromatic heterocycles. The number of rotatable bonds is 8. The van der Waals surface area contributed by atoms with E-state index in [0.29, 0.717) is 43.2 Å². The Labute approximate surface area is 195 Å². The van der Waals surface area contributed by atoms with E-state index >= 15 is 0 Å². The predicted molar refractivity (Wildman–Crippen MR) is 122 cm³/mol. The second-order valence-corrected chi connectivity index (χ2v) is 7.71. The standard InChI is InChI=1S/C23H25N3O8/c1-15(2)34-22(28)16-3-5-17(6-4-16)24-21(27)14-33-23(29)19-13-18(26(30)31)7-8-20(19)25-9-11-32-12-10-25/h3-8,13,15H,9-12,14H2,1-2H3,(H,24,27). The van der Waals surface area contributed by atoms with Gasteiger partial charge in [0, 0.05) is 30.9 Å². The molecule has 1 aliphatic rings. The first-order chi connectivity index (χ1) is 16.2. The normalized spacial score (nSPS) is 13.3. The van der Waals surface area contributed by atoms with Crippen LogP contribution >= 0.6 is 0 Å². The molecule has 1 N–H and O–H groups in total. The van der Waals surface area contributed by atoms with Gasteiger partial charge in [0.05, 0.1) is 41.1 Å². The summed E-state index contributed by atoms with van der Waals surface area (Å²) in [4.78, 5) is 49.3. The molecule has 0 bridgehead atoms. The summed E-state index contributed by atoms with van der Waals surface area (Å²) < 4.78 is 15.5. The second kappa shape index (κ2) is 11.2. The van der Waals surface area contributed by atoms with Crippen molar-refractivity contribution in [1.29, 1.82) is 0 Å². The number of anilines is 2. The molecular weight excluding hydrogens is 446 g/mol. The van der Waals surface area contributed by atoms with E-state index in [1.807, 2.05) is 4.90 Å². The Hall–Kier alpha value is -3.99. The number of carbonyl (C=O) groups excluding carboxylic acids is 3. The molecule has 0 spiro atoms. The van der Waals surface area contributed by atoms with Gasteiger partial charge < -0.3 is 24.4 Å². The molecule has 0 atom stereocenters. The average Bonchev–Trinajstić information content (AvgIpc) is 2.82. The van der Waals surface area contributed by atoms with Gasteiger partial charge >= 0.3 is 11.9 Å². The van der Waals surface area contributed by atoms with Crippen LogP contribution in [-0.2, 0) is 19.0 Å². The van der Waals surface area contributed by atoms with Gasteiger partial charge in [0.15, 0.2) is 6.61 Å². The van der Waals surface area contributed by atoms with Crippen LogP contribution < -0.4 is 10.2 Å². The van der Waals surface area contributed by atoms with Crippen molar-refractivity contribution in [3.05, 3.63) is 63.7 Å². The minimum absolute atomic E-state index is 0.00285. The van der Waals surface area contributed by atoms with Crippen LogP contribution in [0, 0.1) is 10.1 Å². The lowest BCUT2D eigenvalue weighted by molar-refractivity contribution is -0.384. The predicted octanol–water partition coefficient (Wildman–Crippen LogP) is 2.79. The first kappa shape index (κ1) is 24.6. The Morgan fingerprint density at radius 2 is 1.76 bits per heavy atom. The highest BCUT2D eigenvalue weighted by Crippen LogP contribution is 2.27. The number of ether oxygens (including phenoxy) is 3. The van der Waals surface area contributed by atoms with E-state index in [9.17, 15) is 24.5 Å². The molecule has 1 aliphatic heterocycles. The van der Waals surface area contributed by atoms with E-state index < -0.39 is 29.4 Å². The van der Waals surface area contributed by atoms with Crippen LogP contribution in [0.1, 0.15) is 34.6 Å². The number of nitrogens with zero attached hydrogens (tertiary/aromatic N) is 2. The molecule has 0 aliphatic carbocycles. The van der Waals surface area contributed by atoms with E-state index in [2.05, 4.69) is 5.32 Å². The van der Waals surface area contributed by atoms with E-state index in [1.165, 1.54) is 36.4 Å². The summed E-state index contributed by atoms with van der Waals surface area (Å²) in [5.41, 5.74) is 0.940. The molecule has 2 aromatic carbocycles. The largest absolute Gasteiger partial charge is 0.459 e. The van der Waals surface area contributed by atoms with Crippen molar-refractivity contribution < 1.29 is 33.5 Å². The lowest BCUT2D eigenvalue weighted by Gasteiger charge is -2.30. The summed E-state index contributed by atoms with van der Waals surface area (Å²) >= 11 is 0. The number of hydrogen-bond donors (Lipinski definition) is 1. The zero-order chi connectivity index (χ0) is 24.7. The molecule has 1 heterocycles. The van der Waals surface area contributed by atoms with E-state index in [4.69, 9.17) is 14.2 Å². The topological polar surface area (TPSA) is 137 Å². The number of nitro groups is 1. The molecule has 11 heteroatoms. The van der Waals surface area contributed by atoms with Crippen LogP contribution in [0.3, 0.4) is 0 Å². The molecule has 3 rings (SSSR count). The minimum Gasteiger partial charge on any atom is -0.459 e. The van der Waals surface area contributed by atoms with Gasteiger partial charge in [-0.15, -0.1) is 0 Å². The number of esters is 2. The van der Waals surface area contributed by atoms with Crippen LogP contribution in [0.2, 0.25) is 0 Å². The Morgan fingerprint density at radius 3 is 2.38 bits per heavy atom. The first-order valence-corrected chi connectivity index (χ1v) is 10.6. The first-order valence-electron chi connectivity index (χ1n) is 10.6. The summed E-state index contributed by atoms with van der Waals surface area (Å²) in [6.07, 6.45) is -0.253. The summed E-state index contributed by atoms with van der Waals surface area (Å²) in [7, 11) is 0. The second-order valence-electron chi connectivity index (χ2n) is 7.71. The van der Waals surface area contributed by atoms with Gasteiger partial charge in [-0.2, -0.15) is 0 Å². The number of amides is 1. The molecule has 34 heavy (non-hydrogen) atoms. The Kier molecular flexibility index (Phi) is 8.14. The molecule has 1 saturated heterocycles. The van der Waals surface area contributed by atoms with Gasteiger partial charge in [-0.25, -0.2) is 9.59 Å². The zero-order valence-corrected chi connectivity index (χ0v) is 18.8. The van der Waals surface area contributed by atoms with Gasteiger partial charge in [-0.1, -0.05) is 0 Å². The highest BCUT2D eigenvalue weighted by atomic mass is 16.6. The van der Waals surface area contributed by atoms with Crippen molar-refractivity contribution in [1.82, 2.24) is 0 Å². The number of non-ortho nitro benzene ring substituents is 1. The Bertz CT molecular complexity index is 1060. The van der Waals surface area contributed by atoms with Gasteiger partial charge in [-0.3, -0.25) is 14.9 Å². The molecule has 0 radical (unpaired) electrons. The molecule has 11 nitrogen and oxygen atoms in total. The van der Waals surface area contributed by atoms with Gasteiger partial charge in [-0.05, 0) is 44.2 Å². The van der Waals surface area contributed by atoms with Gasteiger partial charge in [0.25, 0.3) is 11.6 Å². The van der Waals surface area contributed by atoms with Crippen molar-refractivity contribution in [3.63, 3.8) is 0 Å².